The molecule has 4 N–H and O–H groups in total. The number of rotatable bonds is 5. The van der Waals surface area contributed by atoms with E-state index in [-0.39, 0.29) is 23.8 Å². The van der Waals surface area contributed by atoms with Crippen LogP contribution < -0.4 is 16.4 Å². The van der Waals surface area contributed by atoms with Crippen LogP contribution in [0.15, 0.2) is 48.6 Å². The summed E-state index contributed by atoms with van der Waals surface area (Å²) in [6.07, 6.45) is 4.49. The molecule has 0 aliphatic heterocycles. The first-order chi connectivity index (χ1) is 10.5. The lowest BCUT2D eigenvalue weighted by atomic mass is 10.2. The summed E-state index contributed by atoms with van der Waals surface area (Å²) in [7, 11) is 0. The maximum atomic E-state index is 14.0. The van der Waals surface area contributed by atoms with E-state index < -0.39 is 11.6 Å². The Balaban J connectivity index is 2.14. The minimum atomic E-state index is -0.701. The molecule has 116 valence electrons. The molecule has 1 amide bonds. The molecule has 0 unspecified atom stereocenters. The van der Waals surface area contributed by atoms with Gasteiger partial charge in [0.05, 0.1) is 6.54 Å². The Kier molecular flexibility index (Phi) is 4.77. The van der Waals surface area contributed by atoms with E-state index in [0.717, 1.165) is 0 Å². The van der Waals surface area contributed by atoms with Gasteiger partial charge in [0.25, 0.3) is 0 Å². The van der Waals surface area contributed by atoms with E-state index in [1.54, 1.807) is 24.5 Å². The third-order valence-electron chi connectivity index (χ3n) is 2.85. The van der Waals surface area contributed by atoms with Crippen LogP contribution >= 0.6 is 0 Å². The van der Waals surface area contributed by atoms with E-state index in [1.807, 2.05) is 0 Å². The summed E-state index contributed by atoms with van der Waals surface area (Å²) in [6.45, 7) is 1.51. The molecule has 2 rings (SSSR count). The van der Waals surface area contributed by atoms with Gasteiger partial charge in [0.15, 0.2) is 11.6 Å². The van der Waals surface area contributed by atoms with Gasteiger partial charge in [-0.3, -0.25) is 4.79 Å². The number of carbonyl (C=O) groups is 1. The SMILES string of the molecule is CC(=O)NC/C(N)=C/Nc1cc(F)c(-n2cccc2)c(F)c1. The summed E-state index contributed by atoms with van der Waals surface area (Å²) in [5.41, 5.74) is 6.04. The maximum Gasteiger partial charge on any atom is 0.217 e. The molecule has 1 aromatic carbocycles. The van der Waals surface area contributed by atoms with Gasteiger partial charge in [0.1, 0.15) is 5.69 Å². The fourth-order valence-electron chi connectivity index (χ4n) is 1.83. The normalized spacial score (nSPS) is 11.3. The van der Waals surface area contributed by atoms with Crippen molar-refractivity contribution < 1.29 is 13.6 Å². The molecular weight excluding hydrogens is 290 g/mol. The Morgan fingerprint density at radius 1 is 1.27 bits per heavy atom. The number of carbonyl (C=O) groups excluding carboxylic acids is 1. The highest BCUT2D eigenvalue weighted by atomic mass is 19.1. The molecule has 2 aromatic rings. The Hall–Kier alpha value is -2.83. The third-order valence-corrected chi connectivity index (χ3v) is 2.85. The minimum absolute atomic E-state index is 0.147. The predicted molar refractivity (Wildman–Crippen MR) is 80.3 cm³/mol. The van der Waals surface area contributed by atoms with Crippen molar-refractivity contribution in [3.05, 3.63) is 60.2 Å². The molecule has 0 spiro atoms. The van der Waals surface area contributed by atoms with Crippen molar-refractivity contribution in [3.8, 4) is 5.69 Å². The molecule has 5 nitrogen and oxygen atoms in total. The Bertz CT molecular complexity index is 673. The third kappa shape index (κ3) is 3.85. The molecule has 0 bridgehead atoms. The number of hydrogen-bond acceptors (Lipinski definition) is 3. The van der Waals surface area contributed by atoms with Gasteiger partial charge in [-0.1, -0.05) is 0 Å². The van der Waals surface area contributed by atoms with Crippen molar-refractivity contribution in [2.45, 2.75) is 6.92 Å². The van der Waals surface area contributed by atoms with E-state index in [0.29, 0.717) is 5.70 Å². The smallest absolute Gasteiger partial charge is 0.217 e. The summed E-state index contributed by atoms with van der Waals surface area (Å²) < 4.78 is 29.4. The molecule has 0 radical (unpaired) electrons. The van der Waals surface area contributed by atoms with Crippen LogP contribution in [0.2, 0.25) is 0 Å². The summed E-state index contributed by atoms with van der Waals surface area (Å²) in [5, 5.41) is 5.20. The highest BCUT2D eigenvalue weighted by Crippen LogP contribution is 2.22. The summed E-state index contributed by atoms with van der Waals surface area (Å²) in [6, 6.07) is 5.69. The van der Waals surface area contributed by atoms with E-state index in [2.05, 4.69) is 10.6 Å². The number of aromatic nitrogens is 1. The number of nitrogens with zero attached hydrogens (tertiary/aromatic N) is 1. The molecule has 0 aliphatic carbocycles. The van der Waals surface area contributed by atoms with Crippen LogP contribution in [0.4, 0.5) is 14.5 Å². The molecule has 0 saturated carbocycles. The van der Waals surface area contributed by atoms with Crippen LogP contribution in [0.3, 0.4) is 0 Å². The van der Waals surface area contributed by atoms with Gasteiger partial charge in [-0.25, -0.2) is 8.78 Å². The zero-order valence-corrected chi connectivity index (χ0v) is 11.9. The van der Waals surface area contributed by atoms with Crippen molar-refractivity contribution in [2.75, 3.05) is 11.9 Å². The second kappa shape index (κ2) is 6.75. The van der Waals surface area contributed by atoms with E-state index in [1.165, 1.54) is 29.8 Å². The van der Waals surface area contributed by atoms with Crippen LogP contribution in [0.25, 0.3) is 5.69 Å². The fourth-order valence-corrected chi connectivity index (χ4v) is 1.83. The molecule has 0 aliphatic rings. The van der Waals surface area contributed by atoms with Crippen molar-refractivity contribution in [1.82, 2.24) is 9.88 Å². The highest BCUT2D eigenvalue weighted by Gasteiger charge is 2.12. The van der Waals surface area contributed by atoms with E-state index in [9.17, 15) is 13.6 Å². The second-order valence-corrected chi connectivity index (χ2v) is 4.65. The van der Waals surface area contributed by atoms with Crippen LogP contribution in [0.5, 0.6) is 0 Å². The lowest BCUT2D eigenvalue weighted by molar-refractivity contribution is -0.118. The lowest BCUT2D eigenvalue weighted by Crippen LogP contribution is -2.25. The van der Waals surface area contributed by atoms with Crippen LogP contribution in [-0.4, -0.2) is 17.0 Å². The predicted octanol–water partition coefficient (Wildman–Crippen LogP) is 2.10. The molecule has 0 fully saturated rings. The topological polar surface area (TPSA) is 72.1 Å². The molecule has 0 saturated heterocycles. The second-order valence-electron chi connectivity index (χ2n) is 4.65. The minimum Gasteiger partial charge on any atom is -0.399 e. The number of amides is 1. The molecule has 1 heterocycles. The standard InChI is InChI=1S/C15H16F2N4O/c1-10(22)19-8-11(18)9-20-12-6-13(16)15(14(17)7-12)21-4-2-3-5-21/h2-7,9,20H,8,18H2,1H3,(H,19,22)/b11-9-. The van der Waals surface area contributed by atoms with Crippen LogP contribution in [0.1, 0.15) is 6.92 Å². The average Bonchev–Trinajstić information content (AvgIpc) is 2.96. The number of nitrogens with two attached hydrogens (primary N) is 1. The molecular formula is C15H16F2N4O. The first kappa shape index (κ1) is 15.6. The molecule has 7 heteroatoms. The monoisotopic (exact) mass is 306 g/mol. The van der Waals surface area contributed by atoms with Crippen molar-refractivity contribution in [2.24, 2.45) is 5.73 Å². The quantitative estimate of drug-likeness (QED) is 0.792. The Morgan fingerprint density at radius 2 is 1.86 bits per heavy atom. The van der Waals surface area contributed by atoms with Crippen molar-refractivity contribution in [3.63, 3.8) is 0 Å². The summed E-state index contributed by atoms with van der Waals surface area (Å²) >= 11 is 0. The van der Waals surface area contributed by atoms with Crippen molar-refractivity contribution >= 4 is 11.6 Å². The van der Waals surface area contributed by atoms with Crippen LogP contribution in [0, 0.1) is 11.6 Å². The van der Waals surface area contributed by atoms with Gasteiger partial charge < -0.3 is 20.9 Å². The van der Waals surface area contributed by atoms with Gasteiger partial charge >= 0.3 is 0 Å². The fraction of sp³-hybridized carbons (Fsp3) is 0.133. The van der Waals surface area contributed by atoms with Gasteiger partial charge in [0.2, 0.25) is 5.91 Å². The highest BCUT2D eigenvalue weighted by molar-refractivity contribution is 5.73. The van der Waals surface area contributed by atoms with Crippen molar-refractivity contribution in [1.29, 1.82) is 0 Å². The van der Waals surface area contributed by atoms with Gasteiger partial charge in [-0.2, -0.15) is 0 Å². The largest absolute Gasteiger partial charge is 0.399 e. The average molecular weight is 306 g/mol. The maximum absolute atomic E-state index is 14.0. The summed E-state index contributed by atoms with van der Waals surface area (Å²) in [5.74, 6) is -1.62. The van der Waals surface area contributed by atoms with Crippen LogP contribution in [-0.2, 0) is 4.79 Å². The first-order valence-electron chi connectivity index (χ1n) is 6.55. The molecule has 22 heavy (non-hydrogen) atoms. The number of nitrogens with one attached hydrogen (secondary N) is 2. The number of anilines is 1. The van der Waals surface area contributed by atoms with Gasteiger partial charge in [-0.05, 0) is 24.3 Å². The molecule has 1 aromatic heterocycles. The van der Waals surface area contributed by atoms with E-state index in [4.69, 9.17) is 5.73 Å². The lowest BCUT2D eigenvalue weighted by Gasteiger charge is -2.10. The zero-order chi connectivity index (χ0) is 16.1. The van der Waals surface area contributed by atoms with E-state index >= 15 is 0 Å². The van der Waals surface area contributed by atoms with Gasteiger partial charge in [0, 0.05) is 36.9 Å². The number of hydrogen-bond donors (Lipinski definition) is 3. The number of benzene rings is 1. The first-order valence-corrected chi connectivity index (χ1v) is 6.55. The van der Waals surface area contributed by atoms with Gasteiger partial charge in [-0.15, -0.1) is 0 Å². The molecule has 0 atom stereocenters. The summed E-state index contributed by atoms with van der Waals surface area (Å²) in [4.78, 5) is 10.7. The zero-order valence-electron chi connectivity index (χ0n) is 11.9. The number of halogens is 2. The Morgan fingerprint density at radius 3 is 2.41 bits per heavy atom. The Labute approximate surface area is 126 Å².